The summed E-state index contributed by atoms with van der Waals surface area (Å²) in [7, 11) is 0. The molecule has 0 fully saturated rings. The molecule has 0 heterocycles. The van der Waals surface area contributed by atoms with Gasteiger partial charge in [-0.15, -0.1) is 10.0 Å². The molecule has 0 saturated heterocycles. The van der Waals surface area contributed by atoms with Crippen molar-refractivity contribution in [3.63, 3.8) is 0 Å². The Labute approximate surface area is 129 Å². The SMILES string of the molecule is NN=Nc1cc2c(c(N)c1NN=O)C(=O)c1ccccc1C2=O. The Hall–Kier alpha value is -3.62. The van der Waals surface area contributed by atoms with Crippen LogP contribution in [-0.2, 0) is 0 Å². The zero-order valence-electron chi connectivity index (χ0n) is 11.6. The average molecular weight is 310 g/mol. The summed E-state index contributed by atoms with van der Waals surface area (Å²) in [5.74, 6) is 4.23. The summed E-state index contributed by atoms with van der Waals surface area (Å²) >= 11 is 0. The lowest BCUT2D eigenvalue weighted by Crippen LogP contribution is -2.22. The van der Waals surface area contributed by atoms with Crippen LogP contribution in [0.4, 0.5) is 17.1 Å². The fourth-order valence-corrected chi connectivity index (χ4v) is 2.58. The molecule has 0 spiro atoms. The van der Waals surface area contributed by atoms with Gasteiger partial charge in [0.2, 0.25) is 0 Å². The summed E-state index contributed by atoms with van der Waals surface area (Å²) in [6, 6.07) is 7.69. The Morgan fingerprint density at radius 3 is 2.26 bits per heavy atom. The van der Waals surface area contributed by atoms with Gasteiger partial charge < -0.3 is 11.6 Å². The van der Waals surface area contributed by atoms with Gasteiger partial charge in [-0.05, 0) is 6.07 Å². The molecule has 114 valence electrons. The molecular formula is C14H10N6O3. The van der Waals surface area contributed by atoms with Crippen molar-refractivity contribution in [3.05, 3.63) is 57.5 Å². The molecule has 23 heavy (non-hydrogen) atoms. The highest BCUT2D eigenvalue weighted by Crippen LogP contribution is 2.41. The van der Waals surface area contributed by atoms with Crippen LogP contribution >= 0.6 is 0 Å². The van der Waals surface area contributed by atoms with Gasteiger partial charge in [0.25, 0.3) is 0 Å². The first-order chi connectivity index (χ1) is 11.1. The van der Waals surface area contributed by atoms with E-state index in [2.05, 4.69) is 21.0 Å². The first kappa shape index (κ1) is 14.3. The molecule has 9 nitrogen and oxygen atoms in total. The van der Waals surface area contributed by atoms with Crippen molar-refractivity contribution in [3.8, 4) is 0 Å². The third kappa shape index (κ3) is 2.02. The highest BCUT2D eigenvalue weighted by atomic mass is 16.3. The van der Waals surface area contributed by atoms with Crippen molar-refractivity contribution in [2.45, 2.75) is 0 Å². The minimum atomic E-state index is -0.419. The first-order valence-corrected chi connectivity index (χ1v) is 6.44. The van der Waals surface area contributed by atoms with Crippen LogP contribution in [-0.4, -0.2) is 11.6 Å². The standard InChI is InChI=1S/C14H10N6O3/c15-11-10-8(5-9(17-19-16)12(11)18-20-23)13(21)6-3-1-2-4-7(6)14(10)22/h1-5H,15H2,(H2,16,17)(H,18,23). The predicted octanol–water partition coefficient (Wildman–Crippen LogP) is 2.09. The Bertz CT molecular complexity index is 890. The van der Waals surface area contributed by atoms with Crippen LogP contribution in [0.2, 0.25) is 0 Å². The quantitative estimate of drug-likeness (QED) is 0.221. The second-order valence-corrected chi connectivity index (χ2v) is 4.73. The molecular weight excluding hydrogens is 300 g/mol. The number of fused-ring (bicyclic) bond motifs is 2. The van der Waals surface area contributed by atoms with E-state index < -0.39 is 5.78 Å². The van der Waals surface area contributed by atoms with Crippen molar-refractivity contribution in [2.75, 3.05) is 11.2 Å². The Morgan fingerprint density at radius 2 is 1.65 bits per heavy atom. The maximum Gasteiger partial charge on any atom is 0.196 e. The minimum absolute atomic E-state index is 0.00387. The second kappa shape index (κ2) is 5.30. The zero-order valence-corrected chi connectivity index (χ0v) is 11.6. The molecule has 0 radical (unpaired) electrons. The van der Waals surface area contributed by atoms with Gasteiger partial charge >= 0.3 is 0 Å². The molecule has 0 saturated carbocycles. The molecule has 9 heteroatoms. The fraction of sp³-hybridized carbons (Fsp3) is 0. The number of carbonyl (C=O) groups is 2. The molecule has 0 atom stereocenters. The van der Waals surface area contributed by atoms with Gasteiger partial charge in [-0.2, -0.15) is 0 Å². The first-order valence-electron chi connectivity index (χ1n) is 6.44. The van der Waals surface area contributed by atoms with Gasteiger partial charge in [-0.3, -0.25) is 9.59 Å². The normalized spacial score (nSPS) is 12.9. The molecule has 2 aromatic carbocycles. The number of hydrogen-bond donors (Lipinski definition) is 3. The van der Waals surface area contributed by atoms with E-state index in [1.54, 1.807) is 18.2 Å². The van der Waals surface area contributed by atoms with E-state index in [0.29, 0.717) is 0 Å². The topological polar surface area (TPSA) is 152 Å². The van der Waals surface area contributed by atoms with Gasteiger partial charge in [0.05, 0.1) is 16.5 Å². The molecule has 5 N–H and O–H groups in total. The van der Waals surface area contributed by atoms with Crippen LogP contribution in [0, 0.1) is 4.91 Å². The minimum Gasteiger partial charge on any atom is -0.396 e. The number of benzene rings is 2. The number of nitrogens with zero attached hydrogens (tertiary/aromatic N) is 3. The monoisotopic (exact) mass is 310 g/mol. The second-order valence-electron chi connectivity index (χ2n) is 4.73. The summed E-state index contributed by atoms with van der Waals surface area (Å²) in [6.07, 6.45) is 0. The predicted molar refractivity (Wildman–Crippen MR) is 82.3 cm³/mol. The van der Waals surface area contributed by atoms with Gasteiger partial charge in [0.15, 0.2) is 11.6 Å². The number of nitroso groups, excluding NO2 is 1. The van der Waals surface area contributed by atoms with E-state index in [0.717, 1.165) is 0 Å². The smallest absolute Gasteiger partial charge is 0.196 e. The maximum atomic E-state index is 12.7. The van der Waals surface area contributed by atoms with Crippen LogP contribution in [0.15, 0.2) is 46.0 Å². The van der Waals surface area contributed by atoms with E-state index in [9.17, 15) is 14.5 Å². The molecule has 2 aromatic rings. The molecule has 1 aliphatic carbocycles. The number of nitrogens with one attached hydrogen (secondary N) is 1. The van der Waals surface area contributed by atoms with Crippen LogP contribution in [0.5, 0.6) is 0 Å². The van der Waals surface area contributed by atoms with Crippen molar-refractivity contribution < 1.29 is 9.59 Å². The average Bonchev–Trinajstić information content (AvgIpc) is 2.56. The van der Waals surface area contributed by atoms with Crippen molar-refractivity contribution in [2.24, 2.45) is 21.5 Å². The summed E-state index contributed by atoms with van der Waals surface area (Å²) in [5.41, 5.74) is 8.54. The maximum absolute atomic E-state index is 12.7. The number of rotatable bonds is 3. The Morgan fingerprint density at radius 1 is 1.00 bits per heavy atom. The third-order valence-corrected chi connectivity index (χ3v) is 3.56. The van der Waals surface area contributed by atoms with Gasteiger partial charge in [0.1, 0.15) is 11.4 Å². The number of anilines is 2. The zero-order chi connectivity index (χ0) is 16.6. The van der Waals surface area contributed by atoms with Crippen LogP contribution in [0.3, 0.4) is 0 Å². The van der Waals surface area contributed by atoms with E-state index in [1.165, 1.54) is 12.1 Å². The van der Waals surface area contributed by atoms with Crippen molar-refractivity contribution >= 4 is 28.6 Å². The molecule has 0 amide bonds. The third-order valence-electron chi connectivity index (χ3n) is 3.56. The molecule has 0 unspecified atom stereocenters. The fourth-order valence-electron chi connectivity index (χ4n) is 2.58. The summed E-state index contributed by atoms with van der Waals surface area (Å²) in [6.45, 7) is 0. The van der Waals surface area contributed by atoms with E-state index in [-0.39, 0.29) is 45.1 Å². The number of ketones is 2. The van der Waals surface area contributed by atoms with Gasteiger partial charge in [-0.25, -0.2) is 5.43 Å². The van der Waals surface area contributed by atoms with E-state index in [4.69, 9.17) is 11.6 Å². The van der Waals surface area contributed by atoms with Gasteiger partial charge in [0, 0.05) is 16.7 Å². The highest BCUT2D eigenvalue weighted by Gasteiger charge is 2.33. The summed E-state index contributed by atoms with van der Waals surface area (Å²) in [4.78, 5) is 35.8. The van der Waals surface area contributed by atoms with Crippen LogP contribution in [0.1, 0.15) is 31.8 Å². The molecule has 0 aliphatic heterocycles. The lowest BCUT2D eigenvalue weighted by molar-refractivity contribution is 0.0980. The molecule has 3 rings (SSSR count). The molecule has 0 aromatic heterocycles. The lowest BCUT2D eigenvalue weighted by Gasteiger charge is -2.20. The molecule has 0 bridgehead atoms. The highest BCUT2D eigenvalue weighted by molar-refractivity contribution is 6.31. The van der Waals surface area contributed by atoms with Crippen LogP contribution in [0.25, 0.3) is 0 Å². The van der Waals surface area contributed by atoms with Crippen molar-refractivity contribution in [1.82, 2.24) is 0 Å². The number of nitrogen functional groups attached to an aromatic ring is 1. The lowest BCUT2D eigenvalue weighted by atomic mass is 9.82. The number of nitrogens with two attached hydrogens (primary N) is 2. The largest absolute Gasteiger partial charge is 0.396 e. The van der Waals surface area contributed by atoms with E-state index in [1.807, 2.05) is 0 Å². The van der Waals surface area contributed by atoms with E-state index >= 15 is 0 Å². The Balaban J connectivity index is 2.34. The number of carbonyl (C=O) groups excluding carboxylic acids is 2. The van der Waals surface area contributed by atoms with Crippen molar-refractivity contribution in [1.29, 1.82) is 0 Å². The van der Waals surface area contributed by atoms with Crippen LogP contribution < -0.4 is 17.0 Å². The number of hydrogen-bond acceptors (Lipinski definition) is 7. The molecule has 1 aliphatic rings. The Kier molecular flexibility index (Phi) is 3.30. The summed E-state index contributed by atoms with van der Waals surface area (Å²) < 4.78 is 0. The summed E-state index contributed by atoms with van der Waals surface area (Å²) in [5, 5.41) is 9.25. The van der Waals surface area contributed by atoms with Gasteiger partial charge in [-0.1, -0.05) is 29.5 Å².